The number of nitrogens with one attached hydrogen (secondary N) is 1. The maximum atomic E-state index is 11.9. The van der Waals surface area contributed by atoms with Crippen LogP contribution in [0.4, 0.5) is 0 Å². The number of ether oxygens (including phenoxy) is 2. The quantitative estimate of drug-likeness (QED) is 0.437. The summed E-state index contributed by atoms with van der Waals surface area (Å²) in [6.45, 7) is 0.666. The van der Waals surface area contributed by atoms with Gasteiger partial charge in [-0.15, -0.1) is 0 Å². The van der Waals surface area contributed by atoms with Crippen LogP contribution in [0.2, 0.25) is 0 Å². The summed E-state index contributed by atoms with van der Waals surface area (Å²) >= 11 is 0. The van der Waals surface area contributed by atoms with Gasteiger partial charge in [-0.3, -0.25) is 19.1 Å². The first-order chi connectivity index (χ1) is 10.9. The van der Waals surface area contributed by atoms with E-state index in [-0.39, 0.29) is 25.2 Å². The van der Waals surface area contributed by atoms with Gasteiger partial charge >= 0.3 is 11.7 Å². The van der Waals surface area contributed by atoms with Crippen LogP contribution in [0.15, 0.2) is 15.8 Å². The summed E-state index contributed by atoms with van der Waals surface area (Å²) in [4.78, 5) is 36.3. The van der Waals surface area contributed by atoms with Crippen molar-refractivity contribution < 1.29 is 24.5 Å². The Morgan fingerprint density at radius 3 is 2.91 bits per heavy atom. The van der Waals surface area contributed by atoms with Gasteiger partial charge in [0.1, 0.15) is 17.9 Å². The highest BCUT2D eigenvalue weighted by atomic mass is 16.5. The second-order valence-corrected chi connectivity index (χ2v) is 4.91. The van der Waals surface area contributed by atoms with Gasteiger partial charge in [0.05, 0.1) is 12.7 Å². The minimum Gasteiger partial charge on any atom is -0.453 e. The Bertz CT molecular complexity index is 755. The van der Waals surface area contributed by atoms with E-state index in [0.29, 0.717) is 0 Å². The molecule has 0 aromatic carbocycles. The van der Waals surface area contributed by atoms with Crippen LogP contribution in [0.1, 0.15) is 25.1 Å². The van der Waals surface area contributed by atoms with E-state index in [1.807, 2.05) is 0 Å². The van der Waals surface area contributed by atoms with Crippen LogP contribution in [0, 0.1) is 11.8 Å². The molecule has 2 heterocycles. The maximum absolute atomic E-state index is 11.9. The van der Waals surface area contributed by atoms with E-state index in [1.54, 1.807) is 0 Å². The number of aromatic amines is 1. The number of carbonyl (C=O) groups excluding carboxylic acids is 1. The van der Waals surface area contributed by atoms with Crippen molar-refractivity contribution in [3.8, 4) is 11.8 Å². The van der Waals surface area contributed by atoms with Crippen LogP contribution < -0.4 is 11.2 Å². The van der Waals surface area contributed by atoms with E-state index in [9.17, 15) is 19.5 Å². The molecule has 1 saturated heterocycles. The predicted octanol–water partition coefficient (Wildman–Crippen LogP) is -1.91. The zero-order valence-corrected chi connectivity index (χ0v) is 12.3. The third-order valence-electron chi connectivity index (χ3n) is 3.23. The van der Waals surface area contributed by atoms with Crippen molar-refractivity contribution in [1.82, 2.24) is 9.55 Å². The highest BCUT2D eigenvalue weighted by molar-refractivity contribution is 5.66. The molecule has 124 valence electrons. The summed E-state index contributed by atoms with van der Waals surface area (Å²) in [6, 6.07) is 0. The van der Waals surface area contributed by atoms with E-state index in [2.05, 4.69) is 21.6 Å². The molecule has 3 N–H and O–H groups in total. The fourth-order valence-corrected chi connectivity index (χ4v) is 2.11. The van der Waals surface area contributed by atoms with Gasteiger partial charge in [0.2, 0.25) is 0 Å². The molecule has 0 aliphatic carbocycles. The molecule has 1 aliphatic rings. The average molecular weight is 324 g/mol. The van der Waals surface area contributed by atoms with E-state index in [1.165, 1.54) is 13.1 Å². The average Bonchev–Trinajstić information content (AvgIpc) is 2.86. The Morgan fingerprint density at radius 1 is 1.57 bits per heavy atom. The fourth-order valence-electron chi connectivity index (χ4n) is 2.11. The molecule has 0 unspecified atom stereocenters. The molecule has 9 heteroatoms. The van der Waals surface area contributed by atoms with Gasteiger partial charge in [0.25, 0.3) is 5.56 Å². The van der Waals surface area contributed by atoms with Crippen molar-refractivity contribution in [2.45, 2.75) is 31.8 Å². The molecule has 0 spiro atoms. The lowest BCUT2D eigenvalue weighted by Crippen LogP contribution is -2.33. The highest BCUT2D eigenvalue weighted by Crippen LogP contribution is 2.27. The Kier molecular flexibility index (Phi) is 5.33. The van der Waals surface area contributed by atoms with Crippen molar-refractivity contribution in [2.24, 2.45) is 0 Å². The summed E-state index contributed by atoms with van der Waals surface area (Å²) < 4.78 is 11.1. The molecule has 1 aromatic heterocycles. The molecule has 3 atom stereocenters. The third-order valence-corrected chi connectivity index (χ3v) is 3.23. The standard InChI is InChI=1S/C14H16N2O7/c1-8(18)22-4-2-3-9-6-16(14(21)15-13(9)20)12-5-10(19)11(7-17)23-12/h6,10-12,17,19H,4-5,7H2,1H3,(H,15,20,21)/t10-,11+,12+/m0/s1. The SMILES string of the molecule is CC(=O)OCC#Cc1cn([C@H]2C[C@H](O)[C@@H](CO)O2)c(=O)[nH]c1=O. The van der Waals surface area contributed by atoms with Crippen molar-refractivity contribution in [3.63, 3.8) is 0 Å². The van der Waals surface area contributed by atoms with Crippen LogP contribution in [0.25, 0.3) is 0 Å². The minimum absolute atomic E-state index is 0.0118. The van der Waals surface area contributed by atoms with Gasteiger partial charge < -0.3 is 19.7 Å². The molecule has 0 radical (unpaired) electrons. The number of esters is 1. The first-order valence-electron chi connectivity index (χ1n) is 6.84. The number of H-pyrrole nitrogens is 1. The van der Waals surface area contributed by atoms with Gasteiger partial charge in [-0.25, -0.2) is 4.79 Å². The number of nitrogens with zero attached hydrogens (tertiary/aromatic N) is 1. The molecule has 0 bridgehead atoms. The number of aliphatic hydroxyl groups is 2. The lowest BCUT2D eigenvalue weighted by Gasteiger charge is -2.14. The van der Waals surface area contributed by atoms with Gasteiger partial charge in [0.15, 0.2) is 6.61 Å². The molecule has 1 aromatic rings. The topological polar surface area (TPSA) is 131 Å². The zero-order valence-electron chi connectivity index (χ0n) is 12.3. The molecule has 0 amide bonds. The minimum atomic E-state index is -0.915. The number of hydrogen-bond donors (Lipinski definition) is 3. The van der Waals surface area contributed by atoms with Gasteiger partial charge in [-0.2, -0.15) is 0 Å². The van der Waals surface area contributed by atoms with Crippen LogP contribution in [0.5, 0.6) is 0 Å². The monoisotopic (exact) mass is 324 g/mol. The third kappa shape index (κ3) is 4.07. The number of carbonyl (C=O) groups is 1. The summed E-state index contributed by atoms with van der Waals surface area (Å²) in [6.07, 6.45) is -1.23. The Labute approximate surface area is 130 Å². The second-order valence-electron chi connectivity index (χ2n) is 4.91. The van der Waals surface area contributed by atoms with Crippen molar-refractivity contribution in [3.05, 3.63) is 32.6 Å². The van der Waals surface area contributed by atoms with Crippen molar-refractivity contribution in [2.75, 3.05) is 13.2 Å². The summed E-state index contributed by atoms with van der Waals surface area (Å²) in [5.74, 6) is 4.48. The zero-order chi connectivity index (χ0) is 17.0. The van der Waals surface area contributed by atoms with E-state index >= 15 is 0 Å². The number of rotatable bonds is 3. The van der Waals surface area contributed by atoms with Crippen LogP contribution >= 0.6 is 0 Å². The van der Waals surface area contributed by atoms with E-state index in [0.717, 1.165) is 4.57 Å². The Hall–Kier alpha value is -2.41. The molecular formula is C14H16N2O7. The maximum Gasteiger partial charge on any atom is 0.330 e. The van der Waals surface area contributed by atoms with Gasteiger partial charge in [-0.1, -0.05) is 11.8 Å². The number of aromatic nitrogens is 2. The van der Waals surface area contributed by atoms with Gasteiger partial charge in [0, 0.05) is 19.5 Å². The lowest BCUT2D eigenvalue weighted by atomic mass is 10.2. The first kappa shape index (κ1) is 17.0. The largest absolute Gasteiger partial charge is 0.453 e. The van der Waals surface area contributed by atoms with E-state index < -0.39 is 35.7 Å². The normalized spacial score (nSPS) is 23.2. The van der Waals surface area contributed by atoms with Gasteiger partial charge in [-0.05, 0) is 0 Å². The summed E-state index contributed by atoms with van der Waals surface area (Å²) in [5, 5.41) is 18.8. The molecule has 1 fully saturated rings. The number of hydrogen-bond acceptors (Lipinski definition) is 7. The summed E-state index contributed by atoms with van der Waals surface area (Å²) in [5.41, 5.74) is -1.41. The lowest BCUT2D eigenvalue weighted by molar-refractivity contribution is -0.139. The molecule has 2 rings (SSSR count). The molecule has 1 aliphatic heterocycles. The van der Waals surface area contributed by atoms with Crippen LogP contribution in [-0.4, -0.2) is 51.2 Å². The Balaban J connectivity index is 2.25. The summed E-state index contributed by atoms with van der Waals surface area (Å²) in [7, 11) is 0. The molecule has 0 saturated carbocycles. The number of aliphatic hydroxyl groups excluding tert-OH is 2. The smallest absolute Gasteiger partial charge is 0.330 e. The van der Waals surface area contributed by atoms with E-state index in [4.69, 9.17) is 9.84 Å². The van der Waals surface area contributed by atoms with Crippen molar-refractivity contribution >= 4 is 5.97 Å². The molecule has 23 heavy (non-hydrogen) atoms. The Morgan fingerprint density at radius 2 is 2.30 bits per heavy atom. The highest BCUT2D eigenvalue weighted by Gasteiger charge is 2.35. The second kappa shape index (κ2) is 7.23. The van der Waals surface area contributed by atoms with Crippen LogP contribution in [-0.2, 0) is 14.3 Å². The van der Waals surface area contributed by atoms with Crippen molar-refractivity contribution in [1.29, 1.82) is 0 Å². The molecule has 9 nitrogen and oxygen atoms in total. The van der Waals surface area contributed by atoms with Crippen LogP contribution in [0.3, 0.4) is 0 Å². The molecular weight excluding hydrogens is 308 g/mol. The predicted molar refractivity (Wildman–Crippen MR) is 76.5 cm³/mol. The first-order valence-corrected chi connectivity index (χ1v) is 6.84. The fraction of sp³-hybridized carbons (Fsp3) is 0.500.